The fraction of sp³-hybridized carbons (Fsp3) is 0.438. The Balaban J connectivity index is 1.33. The van der Waals surface area contributed by atoms with Crippen LogP contribution in [0, 0.1) is 5.92 Å². The smallest absolute Gasteiger partial charge is 0.410 e. The minimum atomic E-state index is -0.861. The normalized spacial score (nSPS) is 22.7. The Kier molecular flexibility index (Phi) is 8.74. The molecule has 3 aromatic rings. The molecule has 0 bridgehead atoms. The van der Waals surface area contributed by atoms with Gasteiger partial charge in [0.25, 0.3) is 0 Å². The third-order valence-corrected chi connectivity index (χ3v) is 7.36. The molecule has 3 amide bonds. The van der Waals surface area contributed by atoms with Gasteiger partial charge in [-0.3, -0.25) is 19.5 Å². The van der Waals surface area contributed by atoms with Crippen LogP contribution >= 0.6 is 0 Å². The Morgan fingerprint density at radius 2 is 1.79 bits per heavy atom. The van der Waals surface area contributed by atoms with E-state index in [2.05, 4.69) is 15.6 Å². The molecule has 0 radical (unpaired) electrons. The van der Waals surface area contributed by atoms with Crippen LogP contribution in [0.4, 0.5) is 10.5 Å². The highest BCUT2D eigenvalue weighted by Crippen LogP contribution is 2.34. The molecule has 10 heteroatoms. The van der Waals surface area contributed by atoms with Crippen molar-refractivity contribution in [1.82, 2.24) is 15.2 Å². The highest BCUT2D eigenvalue weighted by molar-refractivity contribution is 5.99. The molecule has 2 aliphatic rings. The van der Waals surface area contributed by atoms with Gasteiger partial charge in [0, 0.05) is 17.8 Å². The first-order chi connectivity index (χ1) is 20.1. The van der Waals surface area contributed by atoms with Crippen molar-refractivity contribution in [2.75, 3.05) is 11.9 Å². The molecule has 0 spiro atoms. The summed E-state index contributed by atoms with van der Waals surface area (Å²) in [6, 6.07) is 17.5. The van der Waals surface area contributed by atoms with E-state index in [4.69, 9.17) is 14.2 Å². The number of pyridine rings is 1. The molecule has 0 saturated carbocycles. The highest BCUT2D eigenvalue weighted by atomic mass is 16.9. The van der Waals surface area contributed by atoms with Crippen molar-refractivity contribution >= 4 is 34.5 Å². The lowest BCUT2D eigenvalue weighted by atomic mass is 10.0. The Labute approximate surface area is 245 Å². The summed E-state index contributed by atoms with van der Waals surface area (Å²) in [6.45, 7) is 7.37. The number of anilines is 1. The van der Waals surface area contributed by atoms with E-state index in [0.717, 1.165) is 16.5 Å². The molecule has 0 aliphatic carbocycles. The van der Waals surface area contributed by atoms with Crippen molar-refractivity contribution in [2.45, 2.75) is 77.2 Å². The largest absolute Gasteiger partial charge is 0.444 e. The van der Waals surface area contributed by atoms with Gasteiger partial charge in [0.2, 0.25) is 11.8 Å². The fourth-order valence-corrected chi connectivity index (χ4v) is 5.31. The first kappa shape index (κ1) is 29.5. The summed E-state index contributed by atoms with van der Waals surface area (Å²) >= 11 is 0. The molecular weight excluding hydrogens is 536 g/mol. The number of rotatable bonds is 8. The predicted molar refractivity (Wildman–Crippen MR) is 157 cm³/mol. The molecule has 3 atom stereocenters. The van der Waals surface area contributed by atoms with Gasteiger partial charge in [-0.1, -0.05) is 48.5 Å². The number of carbonyl (C=O) groups excluding carboxylic acids is 3. The number of likely N-dealkylation sites (tertiary alicyclic amines) is 1. The first-order valence-corrected chi connectivity index (χ1v) is 14.4. The standard InChI is InChI=1S/C32H38N4O6/c1-20-40-30(41-20)23-17-27(36(19-23)31(39)42-32(2,3)4)29(38)35-26(15-14-21-10-6-5-7-11-21)28(37)34-24-16-22-12-8-9-13-25(22)33-18-24/h5-13,16,18,20,23,26-27,30H,14-15,17,19H2,1-4H3,(H,34,37)(H,35,38)/t20?,23-,26-,27?,30?/m0/s1. The summed E-state index contributed by atoms with van der Waals surface area (Å²) in [5.74, 6) is -1.00. The molecule has 222 valence electrons. The van der Waals surface area contributed by atoms with Crippen LogP contribution in [0.5, 0.6) is 0 Å². The van der Waals surface area contributed by atoms with E-state index in [9.17, 15) is 14.4 Å². The van der Waals surface area contributed by atoms with Crippen LogP contribution in [0.1, 0.15) is 46.1 Å². The zero-order valence-electron chi connectivity index (χ0n) is 24.4. The van der Waals surface area contributed by atoms with E-state index in [1.165, 1.54) is 4.90 Å². The minimum absolute atomic E-state index is 0.204. The van der Waals surface area contributed by atoms with Crippen molar-refractivity contribution in [2.24, 2.45) is 5.92 Å². The van der Waals surface area contributed by atoms with E-state index < -0.39 is 36.0 Å². The zero-order valence-corrected chi connectivity index (χ0v) is 24.4. The van der Waals surface area contributed by atoms with Gasteiger partial charge >= 0.3 is 6.09 Å². The molecule has 1 aromatic heterocycles. The number of amides is 3. The van der Waals surface area contributed by atoms with Crippen LogP contribution in [0.3, 0.4) is 0 Å². The van der Waals surface area contributed by atoms with Crippen molar-refractivity contribution in [1.29, 1.82) is 0 Å². The quantitative estimate of drug-likeness (QED) is 0.403. The van der Waals surface area contributed by atoms with Gasteiger partial charge in [-0.2, -0.15) is 0 Å². The molecule has 2 N–H and O–H groups in total. The van der Waals surface area contributed by atoms with E-state index >= 15 is 0 Å². The van der Waals surface area contributed by atoms with Crippen LogP contribution in [-0.2, 0) is 30.2 Å². The highest BCUT2D eigenvalue weighted by Gasteiger charge is 2.48. The third-order valence-electron chi connectivity index (χ3n) is 7.36. The van der Waals surface area contributed by atoms with Gasteiger partial charge in [0.05, 0.1) is 17.4 Å². The number of carbonyl (C=O) groups is 3. The van der Waals surface area contributed by atoms with Crippen LogP contribution in [0.25, 0.3) is 10.9 Å². The number of nitrogens with one attached hydrogen (secondary N) is 2. The maximum atomic E-state index is 13.8. The lowest BCUT2D eigenvalue weighted by Gasteiger charge is -2.37. The van der Waals surface area contributed by atoms with Crippen LogP contribution in [-0.4, -0.2) is 64.6 Å². The third kappa shape index (κ3) is 7.24. The lowest BCUT2D eigenvalue weighted by Crippen LogP contribution is -2.52. The second-order valence-corrected chi connectivity index (χ2v) is 11.8. The van der Waals surface area contributed by atoms with Crippen molar-refractivity contribution in [3.05, 3.63) is 72.4 Å². The van der Waals surface area contributed by atoms with Gasteiger partial charge in [0.15, 0.2) is 12.6 Å². The van der Waals surface area contributed by atoms with Gasteiger partial charge < -0.3 is 24.8 Å². The van der Waals surface area contributed by atoms with Crippen molar-refractivity contribution < 1.29 is 28.6 Å². The fourth-order valence-electron chi connectivity index (χ4n) is 5.31. The molecule has 2 aliphatic heterocycles. The average Bonchev–Trinajstić information content (AvgIpc) is 3.38. The summed E-state index contributed by atoms with van der Waals surface area (Å²) in [5.41, 5.74) is 1.65. The first-order valence-electron chi connectivity index (χ1n) is 14.4. The molecule has 2 fully saturated rings. The molecule has 42 heavy (non-hydrogen) atoms. The maximum absolute atomic E-state index is 13.8. The van der Waals surface area contributed by atoms with Crippen LogP contribution < -0.4 is 10.6 Å². The number of aromatic nitrogens is 1. The van der Waals surface area contributed by atoms with E-state index in [1.807, 2.05) is 60.7 Å². The van der Waals surface area contributed by atoms with Gasteiger partial charge in [-0.05, 0) is 64.7 Å². The monoisotopic (exact) mass is 574 g/mol. The number of hydrogen-bond donors (Lipinski definition) is 2. The summed E-state index contributed by atoms with van der Waals surface area (Å²) < 4.78 is 17.0. The predicted octanol–water partition coefficient (Wildman–Crippen LogP) is 4.64. The molecule has 3 heterocycles. The number of hydrogen-bond acceptors (Lipinski definition) is 7. The molecule has 2 saturated heterocycles. The SMILES string of the molecule is CC1OC([C@H]2CC(C(=O)N[C@@H](CCc3ccccc3)C(=O)Nc3cnc4ccccc4c3)N(C(=O)OC(C)(C)C)C2)O1. The molecular formula is C32H38N4O6. The number of aryl methyl sites for hydroxylation is 1. The van der Waals surface area contributed by atoms with E-state index in [-0.39, 0.29) is 24.7 Å². The number of nitrogens with zero attached hydrogens (tertiary/aromatic N) is 2. The number of benzene rings is 2. The van der Waals surface area contributed by atoms with E-state index in [0.29, 0.717) is 24.9 Å². The second kappa shape index (κ2) is 12.5. The minimum Gasteiger partial charge on any atom is -0.444 e. The maximum Gasteiger partial charge on any atom is 0.410 e. The summed E-state index contributed by atoms with van der Waals surface area (Å²) in [6.07, 6.45) is 1.43. The van der Waals surface area contributed by atoms with Gasteiger partial charge in [-0.25, -0.2) is 4.79 Å². The van der Waals surface area contributed by atoms with Gasteiger partial charge in [-0.15, -0.1) is 0 Å². The van der Waals surface area contributed by atoms with Crippen molar-refractivity contribution in [3.63, 3.8) is 0 Å². The Morgan fingerprint density at radius 3 is 2.50 bits per heavy atom. The Morgan fingerprint density at radius 1 is 1.07 bits per heavy atom. The lowest BCUT2D eigenvalue weighted by molar-refractivity contribution is -0.390. The molecule has 5 rings (SSSR count). The summed E-state index contributed by atoms with van der Waals surface area (Å²) in [5, 5.41) is 6.74. The number of ether oxygens (including phenoxy) is 3. The second-order valence-electron chi connectivity index (χ2n) is 11.8. The van der Waals surface area contributed by atoms with Crippen molar-refractivity contribution in [3.8, 4) is 0 Å². The number of para-hydroxylation sites is 1. The molecule has 10 nitrogen and oxygen atoms in total. The Bertz CT molecular complexity index is 1420. The van der Waals surface area contributed by atoms with E-state index in [1.54, 1.807) is 33.9 Å². The average molecular weight is 575 g/mol. The summed E-state index contributed by atoms with van der Waals surface area (Å²) in [4.78, 5) is 46.4. The topological polar surface area (TPSA) is 119 Å². The zero-order chi connectivity index (χ0) is 29.9. The van der Waals surface area contributed by atoms with Crippen LogP contribution in [0.15, 0.2) is 66.9 Å². The molecule has 2 aromatic carbocycles. The Hall–Kier alpha value is -4.02. The van der Waals surface area contributed by atoms with Gasteiger partial charge in [0.1, 0.15) is 17.7 Å². The summed E-state index contributed by atoms with van der Waals surface area (Å²) in [7, 11) is 0. The van der Waals surface area contributed by atoms with Crippen LogP contribution in [0.2, 0.25) is 0 Å². The molecule has 1 unspecified atom stereocenters. The number of fused-ring (bicyclic) bond motifs is 1.